The van der Waals surface area contributed by atoms with Gasteiger partial charge in [0.25, 0.3) is 0 Å². The van der Waals surface area contributed by atoms with Crippen molar-refractivity contribution in [3.8, 4) is 22.3 Å². The van der Waals surface area contributed by atoms with Crippen molar-refractivity contribution < 1.29 is 4.42 Å². The van der Waals surface area contributed by atoms with Crippen LogP contribution in [0.2, 0.25) is 0 Å². The Labute approximate surface area is 267 Å². The van der Waals surface area contributed by atoms with Crippen LogP contribution in [0.25, 0.3) is 65.7 Å². The third kappa shape index (κ3) is 4.27. The van der Waals surface area contributed by atoms with E-state index >= 15 is 0 Å². The van der Waals surface area contributed by atoms with Crippen molar-refractivity contribution in [1.29, 1.82) is 0 Å². The molecule has 0 aliphatic carbocycles. The van der Waals surface area contributed by atoms with Gasteiger partial charge in [-0.3, -0.25) is 0 Å². The molecule has 0 unspecified atom stereocenters. The average molecular weight is 588 g/mol. The van der Waals surface area contributed by atoms with Crippen molar-refractivity contribution in [2.24, 2.45) is 0 Å². The first kappa shape index (κ1) is 26.3. The van der Waals surface area contributed by atoms with E-state index in [1.807, 2.05) is 6.07 Å². The van der Waals surface area contributed by atoms with Crippen LogP contribution < -0.4 is 4.90 Å². The van der Waals surface area contributed by atoms with E-state index in [0.717, 1.165) is 61.3 Å². The quantitative estimate of drug-likeness (QED) is 0.199. The number of furan rings is 1. The Morgan fingerprint density at radius 1 is 0.348 bits per heavy atom. The topological polar surface area (TPSA) is 16.4 Å². The normalized spacial score (nSPS) is 11.5. The van der Waals surface area contributed by atoms with E-state index in [9.17, 15) is 0 Å². The molecule has 0 atom stereocenters. The monoisotopic (exact) mass is 587 g/mol. The Morgan fingerprint density at radius 3 is 1.43 bits per heavy atom. The minimum atomic E-state index is 0.903. The van der Waals surface area contributed by atoms with Crippen LogP contribution >= 0.6 is 0 Å². The Hall–Kier alpha value is -6.12. The zero-order valence-corrected chi connectivity index (χ0v) is 25.1. The molecule has 0 bridgehead atoms. The number of rotatable bonds is 5. The van der Waals surface area contributed by atoms with E-state index in [0.29, 0.717) is 0 Å². The van der Waals surface area contributed by atoms with Gasteiger partial charge < -0.3 is 9.32 Å². The molecule has 1 heterocycles. The summed E-state index contributed by atoms with van der Waals surface area (Å²) in [6, 6.07) is 62.6. The summed E-state index contributed by atoms with van der Waals surface area (Å²) in [5.74, 6) is 0. The minimum absolute atomic E-state index is 0.903. The van der Waals surface area contributed by atoms with Gasteiger partial charge in [0, 0.05) is 38.4 Å². The van der Waals surface area contributed by atoms with Gasteiger partial charge in [0.05, 0.1) is 11.4 Å². The smallest absolute Gasteiger partial charge is 0.143 e. The Bertz CT molecular complexity index is 2450. The van der Waals surface area contributed by atoms with Gasteiger partial charge in [0.1, 0.15) is 11.2 Å². The summed E-state index contributed by atoms with van der Waals surface area (Å²) < 4.78 is 6.79. The lowest BCUT2D eigenvalue weighted by atomic mass is 9.99. The van der Waals surface area contributed by atoms with Crippen LogP contribution in [0.3, 0.4) is 0 Å². The number of benzene rings is 8. The molecular formula is C44H29NO. The van der Waals surface area contributed by atoms with Crippen LogP contribution in [-0.4, -0.2) is 0 Å². The molecule has 0 aliphatic heterocycles. The highest BCUT2D eigenvalue weighted by atomic mass is 16.3. The SMILES string of the molecule is c1ccc(-c2cccc3c2oc2c(-c4cccc(N(c5cccc6ccccc56)c5cccc6ccccc56)c4)cccc23)cc1. The molecule has 0 saturated heterocycles. The molecule has 0 amide bonds. The van der Waals surface area contributed by atoms with Crippen molar-refractivity contribution in [2.45, 2.75) is 0 Å². The van der Waals surface area contributed by atoms with Gasteiger partial charge in [0.15, 0.2) is 0 Å². The molecule has 216 valence electrons. The lowest BCUT2D eigenvalue weighted by Crippen LogP contribution is -2.11. The molecule has 0 radical (unpaired) electrons. The maximum absolute atomic E-state index is 6.79. The van der Waals surface area contributed by atoms with E-state index in [1.165, 1.54) is 21.5 Å². The molecular weight excluding hydrogens is 558 g/mol. The summed E-state index contributed by atoms with van der Waals surface area (Å²) in [4.78, 5) is 2.40. The number of nitrogens with zero attached hydrogens (tertiary/aromatic N) is 1. The highest BCUT2D eigenvalue weighted by Gasteiger charge is 2.20. The van der Waals surface area contributed by atoms with E-state index in [1.54, 1.807) is 0 Å². The lowest BCUT2D eigenvalue weighted by molar-refractivity contribution is 0.671. The number of para-hydroxylation sites is 2. The fourth-order valence-corrected chi connectivity index (χ4v) is 6.92. The molecule has 2 nitrogen and oxygen atoms in total. The highest BCUT2D eigenvalue weighted by molar-refractivity contribution is 6.13. The summed E-state index contributed by atoms with van der Waals surface area (Å²) in [5, 5.41) is 7.08. The van der Waals surface area contributed by atoms with Crippen LogP contribution in [0.15, 0.2) is 180 Å². The van der Waals surface area contributed by atoms with Crippen LogP contribution in [0.4, 0.5) is 17.1 Å². The molecule has 9 rings (SSSR count). The maximum atomic E-state index is 6.79. The molecule has 0 spiro atoms. The summed E-state index contributed by atoms with van der Waals surface area (Å²) >= 11 is 0. The first-order chi connectivity index (χ1) is 22.8. The molecule has 8 aromatic carbocycles. The lowest BCUT2D eigenvalue weighted by Gasteiger charge is -2.28. The largest absolute Gasteiger partial charge is 0.455 e. The van der Waals surface area contributed by atoms with Crippen molar-refractivity contribution in [3.05, 3.63) is 176 Å². The Morgan fingerprint density at radius 2 is 0.804 bits per heavy atom. The molecule has 0 N–H and O–H groups in total. The predicted octanol–water partition coefficient (Wildman–Crippen LogP) is 12.7. The molecule has 9 aromatic rings. The van der Waals surface area contributed by atoms with E-state index < -0.39 is 0 Å². The van der Waals surface area contributed by atoms with Gasteiger partial charge in [-0.2, -0.15) is 0 Å². The van der Waals surface area contributed by atoms with Crippen LogP contribution in [0.5, 0.6) is 0 Å². The number of hydrogen-bond acceptors (Lipinski definition) is 2. The first-order valence-electron chi connectivity index (χ1n) is 15.7. The van der Waals surface area contributed by atoms with E-state index in [-0.39, 0.29) is 0 Å². The van der Waals surface area contributed by atoms with E-state index in [2.05, 4.69) is 175 Å². The van der Waals surface area contributed by atoms with Crippen LogP contribution in [-0.2, 0) is 0 Å². The summed E-state index contributed by atoms with van der Waals surface area (Å²) in [6.45, 7) is 0. The van der Waals surface area contributed by atoms with Gasteiger partial charge in [-0.05, 0) is 46.2 Å². The molecule has 1 aromatic heterocycles. The zero-order chi connectivity index (χ0) is 30.5. The van der Waals surface area contributed by atoms with Gasteiger partial charge in [-0.1, -0.05) is 152 Å². The van der Waals surface area contributed by atoms with E-state index in [4.69, 9.17) is 4.42 Å². The highest BCUT2D eigenvalue weighted by Crippen LogP contribution is 2.44. The molecule has 2 heteroatoms. The number of anilines is 3. The second kappa shape index (κ2) is 10.8. The van der Waals surface area contributed by atoms with Crippen LogP contribution in [0, 0.1) is 0 Å². The molecule has 0 saturated carbocycles. The van der Waals surface area contributed by atoms with Crippen LogP contribution in [0.1, 0.15) is 0 Å². The zero-order valence-electron chi connectivity index (χ0n) is 25.1. The molecule has 0 aliphatic rings. The van der Waals surface area contributed by atoms with Crippen molar-refractivity contribution in [2.75, 3.05) is 4.90 Å². The predicted molar refractivity (Wildman–Crippen MR) is 194 cm³/mol. The van der Waals surface area contributed by atoms with Gasteiger partial charge >= 0.3 is 0 Å². The van der Waals surface area contributed by atoms with Crippen molar-refractivity contribution in [1.82, 2.24) is 0 Å². The minimum Gasteiger partial charge on any atom is -0.455 e. The summed E-state index contributed by atoms with van der Waals surface area (Å²) in [6.07, 6.45) is 0. The summed E-state index contributed by atoms with van der Waals surface area (Å²) in [5.41, 5.74) is 9.62. The average Bonchev–Trinajstić information content (AvgIpc) is 3.52. The second-order valence-corrected chi connectivity index (χ2v) is 11.7. The van der Waals surface area contributed by atoms with Gasteiger partial charge in [-0.25, -0.2) is 0 Å². The van der Waals surface area contributed by atoms with Gasteiger partial charge in [0.2, 0.25) is 0 Å². The van der Waals surface area contributed by atoms with Crippen molar-refractivity contribution >= 4 is 60.5 Å². The molecule has 46 heavy (non-hydrogen) atoms. The molecule has 0 fully saturated rings. The standard InChI is InChI=1S/C44H29NO/c1-2-13-32(14-3-1)37-23-11-25-39-40-26-12-24-38(44(40)46-43(37)39)33-19-8-20-34(29-33)45(41-27-9-17-30-15-4-6-21-35(30)41)42-28-10-18-31-16-5-7-22-36(31)42/h1-29H. The third-order valence-electron chi connectivity index (χ3n) is 9.04. The van der Waals surface area contributed by atoms with Gasteiger partial charge in [-0.15, -0.1) is 0 Å². The number of fused-ring (bicyclic) bond motifs is 5. The Balaban J connectivity index is 1.27. The first-order valence-corrected chi connectivity index (χ1v) is 15.7. The number of hydrogen-bond donors (Lipinski definition) is 0. The fraction of sp³-hybridized carbons (Fsp3) is 0. The fourth-order valence-electron chi connectivity index (χ4n) is 6.92. The summed E-state index contributed by atoms with van der Waals surface area (Å²) in [7, 11) is 0. The van der Waals surface area contributed by atoms with Crippen molar-refractivity contribution in [3.63, 3.8) is 0 Å². The maximum Gasteiger partial charge on any atom is 0.143 e. The third-order valence-corrected chi connectivity index (χ3v) is 9.04. The Kier molecular flexibility index (Phi) is 6.17. The second-order valence-electron chi connectivity index (χ2n) is 11.7.